The van der Waals surface area contributed by atoms with Gasteiger partial charge in [-0.15, -0.1) is 0 Å². The van der Waals surface area contributed by atoms with E-state index in [1.807, 2.05) is 30.3 Å². The quantitative estimate of drug-likeness (QED) is 0.647. The Hall–Kier alpha value is -2.30. The van der Waals surface area contributed by atoms with Crippen molar-refractivity contribution in [2.24, 2.45) is 5.92 Å². The van der Waals surface area contributed by atoms with Gasteiger partial charge < -0.3 is 14.8 Å². The summed E-state index contributed by atoms with van der Waals surface area (Å²) in [5, 5.41) is 2.77. The van der Waals surface area contributed by atoms with Gasteiger partial charge in [0.1, 0.15) is 5.75 Å². The lowest BCUT2D eigenvalue weighted by atomic mass is 9.95. The Morgan fingerprint density at radius 3 is 2.61 bits per heavy atom. The van der Waals surface area contributed by atoms with Crippen molar-refractivity contribution in [1.82, 2.24) is 5.32 Å². The van der Waals surface area contributed by atoms with Crippen LogP contribution in [-0.4, -0.2) is 25.1 Å². The van der Waals surface area contributed by atoms with Crippen molar-refractivity contribution in [3.8, 4) is 5.75 Å². The summed E-state index contributed by atoms with van der Waals surface area (Å²) in [6, 6.07) is 7.43. The SMILES string of the molecule is COc1ccc(CNC(=O)[C@H](C)OC(=O)[C@@H]2CC=CCC2)cc1. The minimum atomic E-state index is -0.786. The molecule has 0 saturated heterocycles. The number of esters is 1. The molecular weight excluding hydrogens is 294 g/mol. The molecule has 1 aromatic carbocycles. The first kappa shape index (κ1) is 17.1. The fraction of sp³-hybridized carbons (Fsp3) is 0.444. The maximum absolute atomic E-state index is 12.0. The Morgan fingerprint density at radius 2 is 2.00 bits per heavy atom. The van der Waals surface area contributed by atoms with Crippen LogP contribution in [0.2, 0.25) is 0 Å². The Kier molecular flexibility index (Phi) is 6.20. The zero-order chi connectivity index (χ0) is 16.7. The monoisotopic (exact) mass is 317 g/mol. The summed E-state index contributed by atoms with van der Waals surface area (Å²) in [7, 11) is 1.61. The number of hydrogen-bond acceptors (Lipinski definition) is 4. The van der Waals surface area contributed by atoms with Crippen molar-refractivity contribution in [3.05, 3.63) is 42.0 Å². The van der Waals surface area contributed by atoms with E-state index in [0.717, 1.165) is 24.2 Å². The molecule has 0 saturated carbocycles. The van der Waals surface area contributed by atoms with Crippen LogP contribution in [0, 0.1) is 5.92 Å². The molecule has 1 aliphatic rings. The van der Waals surface area contributed by atoms with Gasteiger partial charge in [-0.25, -0.2) is 0 Å². The van der Waals surface area contributed by atoms with E-state index in [1.165, 1.54) is 0 Å². The van der Waals surface area contributed by atoms with Gasteiger partial charge in [0.2, 0.25) is 0 Å². The summed E-state index contributed by atoms with van der Waals surface area (Å²) in [6.45, 7) is 1.98. The first-order valence-electron chi connectivity index (χ1n) is 7.86. The van der Waals surface area contributed by atoms with Crippen LogP contribution in [0.1, 0.15) is 31.7 Å². The van der Waals surface area contributed by atoms with Crippen LogP contribution in [0.5, 0.6) is 5.75 Å². The van der Waals surface area contributed by atoms with Crippen LogP contribution in [0.15, 0.2) is 36.4 Å². The molecular formula is C18H23NO4. The third-order valence-corrected chi connectivity index (χ3v) is 3.89. The molecule has 23 heavy (non-hydrogen) atoms. The molecule has 0 bridgehead atoms. The largest absolute Gasteiger partial charge is 0.497 e. The standard InChI is InChI=1S/C18H23NO4/c1-13(23-18(21)15-6-4-3-5-7-15)17(20)19-12-14-8-10-16(22-2)11-9-14/h3-4,8-11,13,15H,5-7,12H2,1-2H3,(H,19,20)/t13-,15+/m0/s1. The van der Waals surface area contributed by atoms with E-state index in [2.05, 4.69) is 11.4 Å². The van der Waals surface area contributed by atoms with Gasteiger partial charge in [-0.3, -0.25) is 9.59 Å². The fourth-order valence-electron chi connectivity index (χ4n) is 2.41. The highest BCUT2D eigenvalue weighted by atomic mass is 16.5. The average Bonchev–Trinajstić information content (AvgIpc) is 2.60. The molecule has 1 amide bonds. The second-order valence-corrected chi connectivity index (χ2v) is 5.63. The zero-order valence-electron chi connectivity index (χ0n) is 13.6. The smallest absolute Gasteiger partial charge is 0.310 e. The molecule has 0 heterocycles. The molecule has 5 nitrogen and oxygen atoms in total. The summed E-state index contributed by atoms with van der Waals surface area (Å²) in [5.41, 5.74) is 0.954. The molecule has 0 radical (unpaired) electrons. The number of carbonyl (C=O) groups excluding carboxylic acids is 2. The van der Waals surface area contributed by atoms with E-state index in [-0.39, 0.29) is 17.8 Å². The van der Waals surface area contributed by atoms with Crippen molar-refractivity contribution in [2.45, 2.75) is 38.8 Å². The second kappa shape index (κ2) is 8.36. The number of hydrogen-bond donors (Lipinski definition) is 1. The van der Waals surface area contributed by atoms with E-state index < -0.39 is 6.10 Å². The minimum Gasteiger partial charge on any atom is -0.497 e. The number of benzene rings is 1. The Balaban J connectivity index is 1.77. The highest BCUT2D eigenvalue weighted by Gasteiger charge is 2.24. The van der Waals surface area contributed by atoms with Crippen molar-refractivity contribution in [2.75, 3.05) is 7.11 Å². The molecule has 124 valence electrons. The maximum Gasteiger partial charge on any atom is 0.310 e. The van der Waals surface area contributed by atoms with E-state index in [0.29, 0.717) is 13.0 Å². The van der Waals surface area contributed by atoms with E-state index in [1.54, 1.807) is 14.0 Å². The molecule has 1 aliphatic carbocycles. The van der Waals surface area contributed by atoms with Gasteiger partial charge in [0.15, 0.2) is 6.10 Å². The zero-order valence-corrected chi connectivity index (χ0v) is 13.6. The van der Waals surface area contributed by atoms with Crippen molar-refractivity contribution < 1.29 is 19.1 Å². The Labute approximate surface area is 136 Å². The van der Waals surface area contributed by atoms with Gasteiger partial charge in [0, 0.05) is 6.54 Å². The Morgan fingerprint density at radius 1 is 1.26 bits per heavy atom. The number of methoxy groups -OCH3 is 1. The van der Waals surface area contributed by atoms with Gasteiger partial charge in [0.25, 0.3) is 5.91 Å². The molecule has 2 rings (SSSR count). The van der Waals surface area contributed by atoms with Gasteiger partial charge in [-0.1, -0.05) is 24.3 Å². The number of ether oxygens (including phenoxy) is 2. The molecule has 0 unspecified atom stereocenters. The number of rotatable bonds is 6. The van der Waals surface area contributed by atoms with Crippen LogP contribution in [0.3, 0.4) is 0 Å². The van der Waals surface area contributed by atoms with Gasteiger partial charge in [-0.05, 0) is 43.9 Å². The highest BCUT2D eigenvalue weighted by Crippen LogP contribution is 2.20. The van der Waals surface area contributed by atoms with Crippen LogP contribution < -0.4 is 10.1 Å². The maximum atomic E-state index is 12.0. The number of amides is 1. The molecule has 2 atom stereocenters. The topological polar surface area (TPSA) is 64.6 Å². The first-order chi connectivity index (χ1) is 11.1. The van der Waals surface area contributed by atoms with E-state index in [9.17, 15) is 9.59 Å². The van der Waals surface area contributed by atoms with Gasteiger partial charge in [-0.2, -0.15) is 0 Å². The van der Waals surface area contributed by atoms with Gasteiger partial charge in [0.05, 0.1) is 13.0 Å². The number of carbonyl (C=O) groups is 2. The molecule has 1 N–H and O–H groups in total. The van der Waals surface area contributed by atoms with Gasteiger partial charge >= 0.3 is 5.97 Å². The van der Waals surface area contributed by atoms with Crippen LogP contribution in [0.25, 0.3) is 0 Å². The number of allylic oxidation sites excluding steroid dienone is 2. The van der Waals surface area contributed by atoms with Crippen molar-refractivity contribution >= 4 is 11.9 Å². The summed E-state index contributed by atoms with van der Waals surface area (Å²) in [5.74, 6) is 0.0581. The molecule has 5 heteroatoms. The molecule has 0 aromatic heterocycles. The Bertz CT molecular complexity index is 565. The number of nitrogens with one attached hydrogen (secondary N) is 1. The third kappa shape index (κ3) is 5.13. The highest BCUT2D eigenvalue weighted by molar-refractivity contribution is 5.84. The lowest BCUT2D eigenvalue weighted by molar-refractivity contribution is -0.159. The summed E-state index contributed by atoms with van der Waals surface area (Å²) >= 11 is 0. The fourth-order valence-corrected chi connectivity index (χ4v) is 2.41. The normalized spacial score (nSPS) is 18.1. The van der Waals surface area contributed by atoms with Crippen molar-refractivity contribution in [3.63, 3.8) is 0 Å². The van der Waals surface area contributed by atoms with E-state index in [4.69, 9.17) is 9.47 Å². The molecule has 1 aromatic rings. The first-order valence-corrected chi connectivity index (χ1v) is 7.86. The van der Waals surface area contributed by atoms with Crippen molar-refractivity contribution in [1.29, 1.82) is 0 Å². The average molecular weight is 317 g/mol. The lowest BCUT2D eigenvalue weighted by Crippen LogP contribution is -2.36. The molecule has 0 spiro atoms. The minimum absolute atomic E-state index is 0.128. The molecule has 0 aliphatic heterocycles. The summed E-state index contributed by atoms with van der Waals surface area (Å²) < 4.78 is 10.4. The van der Waals surface area contributed by atoms with E-state index >= 15 is 0 Å². The van der Waals surface area contributed by atoms with Crippen LogP contribution >= 0.6 is 0 Å². The third-order valence-electron chi connectivity index (χ3n) is 3.89. The summed E-state index contributed by atoms with van der Waals surface area (Å²) in [4.78, 5) is 24.0. The summed E-state index contributed by atoms with van der Waals surface area (Å²) in [6.07, 6.45) is 5.64. The molecule has 0 fully saturated rings. The predicted octanol–water partition coefficient (Wildman–Crippen LogP) is 2.60. The second-order valence-electron chi connectivity index (χ2n) is 5.63. The lowest BCUT2D eigenvalue weighted by Gasteiger charge is -2.19. The predicted molar refractivity (Wildman–Crippen MR) is 86.9 cm³/mol. The van der Waals surface area contributed by atoms with Crippen LogP contribution in [-0.2, 0) is 20.9 Å². The van der Waals surface area contributed by atoms with Crippen LogP contribution in [0.4, 0.5) is 0 Å².